The van der Waals surface area contributed by atoms with E-state index in [-0.39, 0.29) is 0 Å². The summed E-state index contributed by atoms with van der Waals surface area (Å²) in [6, 6.07) is 9.52. The second-order valence-corrected chi connectivity index (χ2v) is 5.94. The first-order chi connectivity index (χ1) is 10.5. The van der Waals surface area contributed by atoms with Gasteiger partial charge in [0, 0.05) is 28.9 Å². The molecule has 2 aromatic heterocycles. The first-order valence-corrected chi connectivity index (χ1v) is 7.58. The predicted octanol–water partition coefficient (Wildman–Crippen LogP) is 4.41. The molecular formula is C17H17ClN4. The molecule has 0 spiro atoms. The van der Waals surface area contributed by atoms with E-state index in [0.29, 0.717) is 10.9 Å². The van der Waals surface area contributed by atoms with Gasteiger partial charge in [0.05, 0.1) is 17.1 Å². The lowest BCUT2D eigenvalue weighted by Gasteiger charge is -2.05. The Balaban J connectivity index is 2.02. The summed E-state index contributed by atoms with van der Waals surface area (Å²) in [6.07, 6.45) is 3.79. The SMILES string of the molecule is Cc1nn(-c2ccc(Cl)cc2)cc1-c1ccnc(C(C)C)n1. The lowest BCUT2D eigenvalue weighted by molar-refractivity contribution is 0.776. The third-order valence-corrected chi connectivity index (χ3v) is 3.71. The maximum absolute atomic E-state index is 5.93. The summed E-state index contributed by atoms with van der Waals surface area (Å²) in [5, 5.41) is 5.29. The van der Waals surface area contributed by atoms with E-state index in [1.54, 1.807) is 6.20 Å². The van der Waals surface area contributed by atoms with Gasteiger partial charge in [0.2, 0.25) is 0 Å². The third kappa shape index (κ3) is 2.88. The molecule has 0 aliphatic heterocycles. The Kier molecular flexibility index (Phi) is 3.94. The van der Waals surface area contributed by atoms with Crippen molar-refractivity contribution in [2.75, 3.05) is 0 Å². The molecule has 1 aromatic carbocycles. The number of aryl methyl sites for hydroxylation is 1. The minimum absolute atomic E-state index is 0.298. The monoisotopic (exact) mass is 312 g/mol. The van der Waals surface area contributed by atoms with Crippen LogP contribution in [0.1, 0.15) is 31.3 Å². The highest BCUT2D eigenvalue weighted by molar-refractivity contribution is 6.30. The van der Waals surface area contributed by atoms with Gasteiger partial charge in [-0.1, -0.05) is 25.4 Å². The van der Waals surface area contributed by atoms with E-state index < -0.39 is 0 Å². The fraction of sp³-hybridized carbons (Fsp3) is 0.235. The minimum Gasteiger partial charge on any atom is -0.241 e. The summed E-state index contributed by atoms with van der Waals surface area (Å²) in [6.45, 7) is 6.16. The smallest absolute Gasteiger partial charge is 0.131 e. The number of rotatable bonds is 3. The van der Waals surface area contributed by atoms with Crippen molar-refractivity contribution >= 4 is 11.6 Å². The van der Waals surface area contributed by atoms with Crippen LogP contribution in [0.25, 0.3) is 16.9 Å². The van der Waals surface area contributed by atoms with Crippen molar-refractivity contribution in [3.8, 4) is 16.9 Å². The molecule has 0 unspecified atom stereocenters. The summed E-state index contributed by atoms with van der Waals surface area (Å²) in [5.74, 6) is 1.14. The summed E-state index contributed by atoms with van der Waals surface area (Å²) in [4.78, 5) is 8.95. The van der Waals surface area contributed by atoms with Gasteiger partial charge in [-0.3, -0.25) is 0 Å². The Labute approximate surface area is 134 Å². The predicted molar refractivity (Wildman–Crippen MR) is 88.4 cm³/mol. The van der Waals surface area contributed by atoms with Gasteiger partial charge in [0.15, 0.2) is 0 Å². The van der Waals surface area contributed by atoms with Crippen LogP contribution in [0.2, 0.25) is 5.02 Å². The van der Waals surface area contributed by atoms with E-state index in [1.165, 1.54) is 0 Å². The molecule has 0 bridgehead atoms. The quantitative estimate of drug-likeness (QED) is 0.719. The first kappa shape index (κ1) is 14.7. The Morgan fingerprint density at radius 3 is 2.50 bits per heavy atom. The average Bonchev–Trinajstić information content (AvgIpc) is 2.90. The molecule has 0 N–H and O–H groups in total. The Bertz CT molecular complexity index is 791. The molecule has 3 aromatic rings. The van der Waals surface area contributed by atoms with Gasteiger partial charge in [-0.25, -0.2) is 14.6 Å². The molecular weight excluding hydrogens is 296 g/mol. The molecule has 3 rings (SSSR count). The van der Waals surface area contributed by atoms with Crippen molar-refractivity contribution in [2.45, 2.75) is 26.7 Å². The topological polar surface area (TPSA) is 43.6 Å². The van der Waals surface area contributed by atoms with E-state index in [4.69, 9.17) is 11.6 Å². The number of hydrogen-bond donors (Lipinski definition) is 0. The van der Waals surface area contributed by atoms with Crippen molar-refractivity contribution in [3.63, 3.8) is 0 Å². The highest BCUT2D eigenvalue weighted by Gasteiger charge is 2.12. The maximum atomic E-state index is 5.93. The van der Waals surface area contributed by atoms with Crippen molar-refractivity contribution in [1.29, 1.82) is 0 Å². The molecule has 0 aliphatic rings. The summed E-state index contributed by atoms with van der Waals surface area (Å²) >= 11 is 5.93. The number of halogens is 1. The zero-order chi connectivity index (χ0) is 15.7. The standard InChI is InChI=1S/C17H17ClN4/c1-11(2)17-19-9-8-16(20-17)15-10-22(21-12(15)3)14-6-4-13(18)5-7-14/h4-11H,1-3H3. The van der Waals surface area contributed by atoms with Gasteiger partial charge in [-0.2, -0.15) is 5.10 Å². The fourth-order valence-electron chi connectivity index (χ4n) is 2.24. The van der Waals surface area contributed by atoms with E-state index in [9.17, 15) is 0 Å². The van der Waals surface area contributed by atoms with E-state index >= 15 is 0 Å². The van der Waals surface area contributed by atoms with Crippen molar-refractivity contribution < 1.29 is 0 Å². The molecule has 0 saturated carbocycles. The second kappa shape index (κ2) is 5.89. The van der Waals surface area contributed by atoms with Crippen molar-refractivity contribution in [2.24, 2.45) is 0 Å². The maximum Gasteiger partial charge on any atom is 0.131 e. The van der Waals surface area contributed by atoms with E-state index in [2.05, 4.69) is 28.9 Å². The zero-order valence-electron chi connectivity index (χ0n) is 12.8. The molecule has 112 valence electrons. The molecule has 0 atom stereocenters. The molecule has 0 amide bonds. The van der Waals surface area contributed by atoms with Crippen LogP contribution < -0.4 is 0 Å². The van der Waals surface area contributed by atoms with Gasteiger partial charge in [-0.15, -0.1) is 0 Å². The van der Waals surface area contributed by atoms with Gasteiger partial charge >= 0.3 is 0 Å². The number of benzene rings is 1. The lowest BCUT2D eigenvalue weighted by Crippen LogP contribution is -1.98. The largest absolute Gasteiger partial charge is 0.241 e. The molecule has 22 heavy (non-hydrogen) atoms. The lowest BCUT2D eigenvalue weighted by atomic mass is 10.1. The summed E-state index contributed by atoms with van der Waals surface area (Å²) < 4.78 is 1.85. The van der Waals surface area contributed by atoms with Crippen LogP contribution in [0, 0.1) is 6.92 Å². The second-order valence-electron chi connectivity index (χ2n) is 5.50. The Morgan fingerprint density at radius 2 is 1.82 bits per heavy atom. The Hall–Kier alpha value is -2.20. The molecule has 2 heterocycles. The zero-order valence-corrected chi connectivity index (χ0v) is 13.5. The van der Waals surface area contributed by atoms with Crippen LogP contribution >= 0.6 is 11.6 Å². The number of hydrogen-bond acceptors (Lipinski definition) is 3. The van der Waals surface area contributed by atoms with Crippen molar-refractivity contribution in [3.05, 3.63) is 59.3 Å². The van der Waals surface area contributed by atoms with Crippen LogP contribution in [0.5, 0.6) is 0 Å². The fourth-order valence-corrected chi connectivity index (χ4v) is 2.37. The van der Waals surface area contributed by atoms with E-state index in [1.807, 2.05) is 48.1 Å². The minimum atomic E-state index is 0.298. The van der Waals surface area contributed by atoms with Crippen LogP contribution in [-0.2, 0) is 0 Å². The summed E-state index contributed by atoms with van der Waals surface area (Å²) in [5.41, 5.74) is 3.82. The van der Waals surface area contributed by atoms with Gasteiger partial charge in [0.25, 0.3) is 0 Å². The summed E-state index contributed by atoms with van der Waals surface area (Å²) in [7, 11) is 0. The van der Waals surface area contributed by atoms with Crippen molar-refractivity contribution in [1.82, 2.24) is 19.7 Å². The van der Waals surface area contributed by atoms with Gasteiger partial charge in [0.1, 0.15) is 5.82 Å². The highest BCUT2D eigenvalue weighted by Crippen LogP contribution is 2.23. The van der Waals surface area contributed by atoms with Crippen LogP contribution in [0.15, 0.2) is 42.7 Å². The van der Waals surface area contributed by atoms with Crippen LogP contribution in [-0.4, -0.2) is 19.7 Å². The first-order valence-electron chi connectivity index (χ1n) is 7.20. The molecule has 0 aliphatic carbocycles. The molecule has 5 heteroatoms. The van der Waals surface area contributed by atoms with Gasteiger partial charge < -0.3 is 0 Å². The normalized spacial score (nSPS) is 11.1. The van der Waals surface area contributed by atoms with Crippen LogP contribution in [0.4, 0.5) is 0 Å². The van der Waals surface area contributed by atoms with Crippen LogP contribution in [0.3, 0.4) is 0 Å². The molecule has 4 nitrogen and oxygen atoms in total. The number of aromatic nitrogens is 4. The molecule has 0 fully saturated rings. The number of nitrogens with zero attached hydrogens (tertiary/aromatic N) is 4. The molecule has 0 radical (unpaired) electrons. The highest BCUT2D eigenvalue weighted by atomic mass is 35.5. The third-order valence-electron chi connectivity index (χ3n) is 3.46. The molecule has 0 saturated heterocycles. The Morgan fingerprint density at radius 1 is 1.09 bits per heavy atom. The van der Waals surface area contributed by atoms with E-state index in [0.717, 1.165) is 28.5 Å². The average molecular weight is 313 g/mol. The van der Waals surface area contributed by atoms with Gasteiger partial charge in [-0.05, 0) is 37.3 Å².